The number of sulfonamides is 1. The molecule has 11 heteroatoms. The average molecular weight is 641 g/mol. The first kappa shape index (κ1) is 30.0. The molecule has 0 aromatic heterocycles. The van der Waals surface area contributed by atoms with Crippen LogP contribution in [-0.2, 0) is 26.2 Å². The highest BCUT2D eigenvalue weighted by atomic mass is 79.9. The van der Waals surface area contributed by atoms with Crippen LogP contribution in [0.25, 0.3) is 0 Å². The van der Waals surface area contributed by atoms with Gasteiger partial charge >= 0.3 is 0 Å². The summed E-state index contributed by atoms with van der Waals surface area (Å²) in [7, 11) is -4.23. The Labute approximate surface area is 241 Å². The Morgan fingerprint density at radius 1 is 1.00 bits per heavy atom. The van der Waals surface area contributed by atoms with Crippen LogP contribution in [0.2, 0.25) is 10.0 Å². The molecular weight excluding hydrogens is 613 g/mol. The van der Waals surface area contributed by atoms with Gasteiger partial charge in [0, 0.05) is 22.6 Å². The van der Waals surface area contributed by atoms with E-state index < -0.39 is 28.5 Å². The zero-order chi connectivity index (χ0) is 27.9. The zero-order valence-corrected chi connectivity index (χ0v) is 24.8. The number of hydrogen-bond donors (Lipinski definition) is 1. The molecule has 0 bridgehead atoms. The number of nitrogens with zero attached hydrogens (tertiary/aromatic N) is 2. The Morgan fingerprint density at radius 2 is 1.71 bits per heavy atom. The number of carbonyl (C=O) groups excluding carboxylic acids is 2. The van der Waals surface area contributed by atoms with E-state index in [4.69, 9.17) is 23.2 Å². The van der Waals surface area contributed by atoms with Gasteiger partial charge in [0.1, 0.15) is 12.6 Å². The van der Waals surface area contributed by atoms with Gasteiger partial charge in [0.15, 0.2) is 0 Å². The first-order valence-electron chi connectivity index (χ1n) is 11.9. The second-order valence-electron chi connectivity index (χ2n) is 8.54. The Bertz CT molecular complexity index is 1390. The van der Waals surface area contributed by atoms with Gasteiger partial charge in [-0.3, -0.25) is 13.9 Å². The molecule has 7 nitrogen and oxygen atoms in total. The molecule has 0 saturated carbocycles. The first-order valence-corrected chi connectivity index (χ1v) is 14.9. The van der Waals surface area contributed by atoms with E-state index in [1.165, 1.54) is 35.2 Å². The summed E-state index contributed by atoms with van der Waals surface area (Å²) in [5.41, 5.74) is 0.822. The third-order valence-corrected chi connectivity index (χ3v) is 8.57. The summed E-state index contributed by atoms with van der Waals surface area (Å²) >= 11 is 16.0. The van der Waals surface area contributed by atoms with Gasteiger partial charge < -0.3 is 10.2 Å². The maximum absolute atomic E-state index is 13.9. The van der Waals surface area contributed by atoms with Crippen molar-refractivity contribution in [1.82, 2.24) is 10.2 Å². The maximum atomic E-state index is 13.9. The molecule has 38 heavy (non-hydrogen) atoms. The van der Waals surface area contributed by atoms with Crippen molar-refractivity contribution in [2.24, 2.45) is 0 Å². The lowest BCUT2D eigenvalue weighted by Crippen LogP contribution is -2.51. The van der Waals surface area contributed by atoms with Crippen LogP contribution in [0, 0.1) is 0 Å². The Kier molecular flexibility index (Phi) is 10.6. The number of anilines is 1. The SMILES string of the molecule is CCCNC(=O)[C@H](C)N(Cc1cccc(Br)c1)C(=O)CN(c1cc(Cl)ccc1Cl)S(=O)(=O)c1ccccc1. The van der Waals surface area contributed by atoms with E-state index in [1.807, 2.05) is 31.2 Å². The van der Waals surface area contributed by atoms with Crippen molar-refractivity contribution in [2.45, 2.75) is 37.8 Å². The second-order valence-corrected chi connectivity index (χ2v) is 12.2. The van der Waals surface area contributed by atoms with Crippen molar-refractivity contribution in [3.05, 3.63) is 92.9 Å². The molecule has 202 valence electrons. The normalized spacial score (nSPS) is 12.0. The smallest absolute Gasteiger partial charge is 0.264 e. The lowest BCUT2D eigenvalue weighted by Gasteiger charge is -2.32. The molecule has 0 aliphatic rings. The molecule has 0 radical (unpaired) electrons. The van der Waals surface area contributed by atoms with E-state index in [2.05, 4.69) is 21.2 Å². The van der Waals surface area contributed by atoms with Crippen LogP contribution in [0.15, 0.2) is 82.2 Å². The summed E-state index contributed by atoms with van der Waals surface area (Å²) in [6.45, 7) is 3.48. The lowest BCUT2D eigenvalue weighted by molar-refractivity contribution is -0.139. The maximum Gasteiger partial charge on any atom is 0.264 e. The predicted molar refractivity (Wildman–Crippen MR) is 155 cm³/mol. The number of carbonyl (C=O) groups is 2. The molecule has 0 fully saturated rings. The molecule has 0 saturated heterocycles. The Morgan fingerprint density at radius 3 is 2.37 bits per heavy atom. The topological polar surface area (TPSA) is 86.8 Å². The van der Waals surface area contributed by atoms with Crippen molar-refractivity contribution in [2.75, 3.05) is 17.4 Å². The summed E-state index contributed by atoms with van der Waals surface area (Å²) in [6, 6.07) is 18.6. The summed E-state index contributed by atoms with van der Waals surface area (Å²) in [5.74, 6) is -0.923. The third-order valence-electron chi connectivity index (χ3n) is 5.75. The van der Waals surface area contributed by atoms with Gasteiger partial charge in [-0.2, -0.15) is 0 Å². The van der Waals surface area contributed by atoms with Crippen molar-refractivity contribution >= 4 is 66.7 Å². The van der Waals surface area contributed by atoms with Crippen LogP contribution >= 0.6 is 39.1 Å². The van der Waals surface area contributed by atoms with E-state index in [9.17, 15) is 18.0 Å². The molecule has 0 heterocycles. The molecule has 2 amide bonds. The molecule has 3 aromatic rings. The van der Waals surface area contributed by atoms with Gasteiger partial charge in [-0.1, -0.05) is 76.4 Å². The van der Waals surface area contributed by atoms with Crippen LogP contribution in [0.4, 0.5) is 5.69 Å². The molecule has 3 rings (SSSR count). The summed E-state index contributed by atoms with van der Waals surface area (Å²) in [4.78, 5) is 28.1. The molecule has 1 N–H and O–H groups in total. The lowest BCUT2D eigenvalue weighted by atomic mass is 10.1. The summed E-state index contributed by atoms with van der Waals surface area (Å²) in [6.07, 6.45) is 0.731. The fourth-order valence-corrected chi connectivity index (χ4v) is 6.05. The first-order chi connectivity index (χ1) is 18.0. The second kappa shape index (κ2) is 13.5. The van der Waals surface area contributed by atoms with E-state index in [-0.39, 0.29) is 33.1 Å². The van der Waals surface area contributed by atoms with Crippen LogP contribution in [0.5, 0.6) is 0 Å². The van der Waals surface area contributed by atoms with Gasteiger partial charge in [0.05, 0.1) is 15.6 Å². The van der Waals surface area contributed by atoms with Crippen LogP contribution < -0.4 is 9.62 Å². The highest BCUT2D eigenvalue weighted by Gasteiger charge is 2.33. The zero-order valence-electron chi connectivity index (χ0n) is 20.9. The molecule has 0 aliphatic heterocycles. The van der Waals surface area contributed by atoms with Crippen molar-refractivity contribution in [1.29, 1.82) is 0 Å². The van der Waals surface area contributed by atoms with Crippen molar-refractivity contribution in [3.8, 4) is 0 Å². The molecule has 3 aromatic carbocycles. The molecule has 0 unspecified atom stereocenters. The van der Waals surface area contributed by atoms with E-state index in [1.54, 1.807) is 25.1 Å². The van der Waals surface area contributed by atoms with Crippen LogP contribution in [0.3, 0.4) is 0 Å². The number of halogens is 3. The largest absolute Gasteiger partial charge is 0.354 e. The average Bonchev–Trinajstić information content (AvgIpc) is 2.90. The fourth-order valence-electron chi connectivity index (χ4n) is 3.72. The fraction of sp³-hybridized carbons (Fsp3) is 0.259. The quantitative estimate of drug-likeness (QED) is 0.283. The van der Waals surface area contributed by atoms with Crippen LogP contribution in [-0.4, -0.2) is 44.3 Å². The molecule has 0 aliphatic carbocycles. The van der Waals surface area contributed by atoms with Crippen molar-refractivity contribution in [3.63, 3.8) is 0 Å². The molecular formula is C27H28BrCl2N3O4S. The minimum atomic E-state index is -4.23. The van der Waals surface area contributed by atoms with E-state index in [0.717, 1.165) is 20.8 Å². The molecule has 1 atom stereocenters. The minimum Gasteiger partial charge on any atom is -0.354 e. The van der Waals surface area contributed by atoms with Gasteiger partial charge in [0.2, 0.25) is 11.8 Å². The minimum absolute atomic E-state index is 0.0175. The van der Waals surface area contributed by atoms with E-state index in [0.29, 0.717) is 6.54 Å². The number of rotatable bonds is 11. The number of amides is 2. The van der Waals surface area contributed by atoms with Crippen LogP contribution in [0.1, 0.15) is 25.8 Å². The van der Waals surface area contributed by atoms with Gasteiger partial charge in [-0.05, 0) is 61.4 Å². The highest BCUT2D eigenvalue weighted by molar-refractivity contribution is 9.10. The number of hydrogen-bond acceptors (Lipinski definition) is 4. The Balaban J connectivity index is 2.05. The Hall–Kier alpha value is -2.59. The van der Waals surface area contributed by atoms with Gasteiger partial charge in [-0.25, -0.2) is 8.42 Å². The van der Waals surface area contributed by atoms with E-state index >= 15 is 0 Å². The summed E-state index contributed by atoms with van der Waals surface area (Å²) in [5, 5.41) is 3.17. The molecule has 0 spiro atoms. The predicted octanol–water partition coefficient (Wildman–Crippen LogP) is 5.89. The third kappa shape index (κ3) is 7.50. The van der Waals surface area contributed by atoms with Crippen molar-refractivity contribution < 1.29 is 18.0 Å². The number of benzene rings is 3. The van der Waals surface area contributed by atoms with Gasteiger partial charge in [-0.15, -0.1) is 0 Å². The standard InChI is InChI=1S/C27H28BrCl2N3O4S/c1-3-14-31-27(35)19(2)32(17-20-8-7-9-21(28)15-20)26(34)18-33(25-16-22(29)12-13-24(25)30)38(36,37)23-10-5-4-6-11-23/h4-13,15-16,19H,3,14,17-18H2,1-2H3,(H,31,35)/t19-/m0/s1. The monoisotopic (exact) mass is 639 g/mol. The summed E-state index contributed by atoms with van der Waals surface area (Å²) < 4.78 is 29.3. The van der Waals surface area contributed by atoms with Gasteiger partial charge in [0.25, 0.3) is 10.0 Å². The highest BCUT2D eigenvalue weighted by Crippen LogP contribution is 2.33. The number of nitrogens with one attached hydrogen (secondary N) is 1.